The lowest BCUT2D eigenvalue weighted by Crippen LogP contribution is -2.43. The quantitative estimate of drug-likeness (QED) is 0.823. The first-order valence-electron chi connectivity index (χ1n) is 10.6. The number of nitrogens with zero attached hydrogens (tertiary/aromatic N) is 5. The first-order chi connectivity index (χ1) is 14.1. The summed E-state index contributed by atoms with van der Waals surface area (Å²) in [5.74, 6) is 1.70. The second-order valence-corrected chi connectivity index (χ2v) is 8.50. The predicted molar refractivity (Wildman–Crippen MR) is 111 cm³/mol. The fourth-order valence-electron chi connectivity index (χ4n) is 5.02. The number of hydrogen-bond donors (Lipinski definition) is 1. The van der Waals surface area contributed by atoms with Crippen LogP contribution in [0.15, 0.2) is 11.0 Å². The molecule has 1 spiro atoms. The third-order valence-electron chi connectivity index (χ3n) is 6.74. The van der Waals surface area contributed by atoms with Crippen molar-refractivity contribution in [1.29, 1.82) is 0 Å². The lowest BCUT2D eigenvalue weighted by molar-refractivity contribution is 0.122. The Morgan fingerprint density at radius 1 is 1.03 bits per heavy atom. The van der Waals surface area contributed by atoms with E-state index in [0.29, 0.717) is 19.2 Å². The molecule has 154 valence electrons. The van der Waals surface area contributed by atoms with Gasteiger partial charge in [0.05, 0.1) is 30.3 Å². The van der Waals surface area contributed by atoms with E-state index in [4.69, 9.17) is 14.7 Å². The summed E-state index contributed by atoms with van der Waals surface area (Å²) in [6.07, 6.45) is 5.64. The summed E-state index contributed by atoms with van der Waals surface area (Å²) in [7, 11) is 0. The van der Waals surface area contributed by atoms with Crippen LogP contribution >= 0.6 is 0 Å². The number of anilines is 2. The highest BCUT2D eigenvalue weighted by Crippen LogP contribution is 2.45. The van der Waals surface area contributed by atoms with E-state index in [9.17, 15) is 4.79 Å². The Kier molecular flexibility index (Phi) is 4.53. The van der Waals surface area contributed by atoms with Crippen LogP contribution in [0.5, 0.6) is 0 Å². The molecule has 3 aliphatic rings. The average molecular weight is 396 g/mol. The Hall–Kier alpha value is -2.48. The smallest absolute Gasteiger partial charge is 0.255 e. The zero-order valence-electron chi connectivity index (χ0n) is 17.2. The van der Waals surface area contributed by atoms with Gasteiger partial charge in [0, 0.05) is 43.4 Å². The Morgan fingerprint density at radius 2 is 1.79 bits per heavy atom. The number of aromatic nitrogens is 4. The second kappa shape index (κ2) is 7.09. The van der Waals surface area contributed by atoms with Crippen LogP contribution in [-0.4, -0.2) is 59.3 Å². The van der Waals surface area contributed by atoms with E-state index in [1.54, 1.807) is 0 Å². The molecule has 2 aliphatic heterocycles. The number of fused-ring (bicyclic) bond motifs is 2. The summed E-state index contributed by atoms with van der Waals surface area (Å²) in [6, 6.07) is 0. The standard InChI is InChI=1S/C21H28N6O2/c1-14-13-22-15(2)18(23-14)26-7-5-21(6-8-26)4-3-16-17(21)24-20(25-19(16)28)27-9-11-29-12-10-27/h13H,3-12H2,1-2H3,(H,24,25,28). The van der Waals surface area contributed by atoms with Gasteiger partial charge >= 0.3 is 0 Å². The molecule has 2 fully saturated rings. The maximum Gasteiger partial charge on any atom is 0.255 e. The van der Waals surface area contributed by atoms with E-state index in [1.807, 2.05) is 20.0 Å². The third-order valence-corrected chi connectivity index (χ3v) is 6.74. The van der Waals surface area contributed by atoms with Gasteiger partial charge in [-0.15, -0.1) is 0 Å². The van der Waals surface area contributed by atoms with Crippen LogP contribution in [0.1, 0.15) is 41.9 Å². The van der Waals surface area contributed by atoms with Crippen LogP contribution in [0.2, 0.25) is 0 Å². The summed E-state index contributed by atoms with van der Waals surface area (Å²) in [5.41, 5.74) is 3.89. The lowest BCUT2D eigenvalue weighted by Gasteiger charge is -2.40. The molecular weight excluding hydrogens is 368 g/mol. The fraction of sp³-hybridized carbons (Fsp3) is 0.619. The number of aryl methyl sites for hydroxylation is 2. The minimum Gasteiger partial charge on any atom is -0.378 e. The molecular formula is C21H28N6O2. The van der Waals surface area contributed by atoms with Gasteiger partial charge in [0.15, 0.2) is 0 Å². The molecule has 2 aromatic heterocycles. The van der Waals surface area contributed by atoms with E-state index in [1.165, 1.54) is 0 Å². The second-order valence-electron chi connectivity index (χ2n) is 8.50. The molecule has 1 N–H and O–H groups in total. The monoisotopic (exact) mass is 396 g/mol. The number of nitrogens with one attached hydrogen (secondary N) is 1. The van der Waals surface area contributed by atoms with E-state index >= 15 is 0 Å². The van der Waals surface area contributed by atoms with Gasteiger partial charge in [0.2, 0.25) is 5.95 Å². The van der Waals surface area contributed by atoms with Crippen molar-refractivity contribution in [3.05, 3.63) is 39.2 Å². The molecule has 5 rings (SSSR count). The Morgan fingerprint density at radius 3 is 2.55 bits per heavy atom. The average Bonchev–Trinajstić information content (AvgIpc) is 3.10. The van der Waals surface area contributed by atoms with Crippen molar-refractivity contribution in [2.24, 2.45) is 0 Å². The summed E-state index contributed by atoms with van der Waals surface area (Å²) < 4.78 is 5.45. The molecule has 29 heavy (non-hydrogen) atoms. The van der Waals surface area contributed by atoms with Crippen LogP contribution in [0.25, 0.3) is 0 Å². The number of ether oxygens (including phenoxy) is 1. The largest absolute Gasteiger partial charge is 0.378 e. The first kappa shape index (κ1) is 18.5. The van der Waals surface area contributed by atoms with E-state index < -0.39 is 0 Å². The van der Waals surface area contributed by atoms with Crippen LogP contribution < -0.4 is 15.4 Å². The van der Waals surface area contributed by atoms with E-state index in [2.05, 4.69) is 19.8 Å². The van der Waals surface area contributed by atoms with E-state index in [-0.39, 0.29) is 11.0 Å². The molecule has 8 nitrogen and oxygen atoms in total. The SMILES string of the molecule is Cc1cnc(C)c(N2CCC3(CCc4c3nc(N3CCOCC3)[nH]c4=O)CC2)n1. The number of aromatic amines is 1. The summed E-state index contributed by atoms with van der Waals surface area (Å²) in [5, 5.41) is 0. The van der Waals surface area contributed by atoms with Crippen LogP contribution in [0, 0.1) is 13.8 Å². The van der Waals surface area contributed by atoms with Crippen molar-refractivity contribution in [2.45, 2.75) is 44.9 Å². The molecule has 0 amide bonds. The van der Waals surface area contributed by atoms with Gasteiger partial charge < -0.3 is 14.5 Å². The minimum absolute atomic E-state index is 0.00624. The van der Waals surface area contributed by atoms with Crippen molar-refractivity contribution < 1.29 is 4.74 Å². The van der Waals surface area contributed by atoms with Crippen molar-refractivity contribution >= 4 is 11.8 Å². The number of H-pyrrole nitrogens is 1. The van der Waals surface area contributed by atoms with E-state index in [0.717, 1.165) is 80.3 Å². The highest BCUT2D eigenvalue weighted by atomic mass is 16.5. The first-order valence-corrected chi connectivity index (χ1v) is 10.6. The number of hydrogen-bond acceptors (Lipinski definition) is 7. The van der Waals surface area contributed by atoms with Crippen LogP contribution in [0.3, 0.4) is 0 Å². The molecule has 0 saturated carbocycles. The molecule has 1 aliphatic carbocycles. The number of rotatable bonds is 2. The summed E-state index contributed by atoms with van der Waals surface area (Å²) in [6.45, 7) is 8.74. The molecule has 0 atom stereocenters. The number of morpholine rings is 1. The van der Waals surface area contributed by atoms with Crippen molar-refractivity contribution in [1.82, 2.24) is 19.9 Å². The minimum atomic E-state index is 0.00624. The van der Waals surface area contributed by atoms with Crippen molar-refractivity contribution in [3.63, 3.8) is 0 Å². The highest BCUT2D eigenvalue weighted by Gasteiger charge is 2.44. The Bertz CT molecular complexity index is 974. The lowest BCUT2D eigenvalue weighted by atomic mass is 9.76. The Labute approximate surface area is 170 Å². The molecule has 0 radical (unpaired) electrons. The molecule has 8 heteroatoms. The zero-order chi connectivity index (χ0) is 20.0. The van der Waals surface area contributed by atoms with Gasteiger partial charge in [-0.2, -0.15) is 0 Å². The maximum absolute atomic E-state index is 12.8. The third kappa shape index (κ3) is 3.19. The van der Waals surface area contributed by atoms with Gasteiger partial charge in [-0.3, -0.25) is 14.8 Å². The molecule has 2 aromatic rings. The van der Waals surface area contributed by atoms with Gasteiger partial charge in [-0.1, -0.05) is 0 Å². The normalized spacial score (nSPS) is 20.9. The molecule has 0 aromatic carbocycles. The van der Waals surface area contributed by atoms with Crippen molar-refractivity contribution in [3.8, 4) is 0 Å². The molecule has 0 unspecified atom stereocenters. The number of piperidine rings is 1. The Balaban J connectivity index is 1.42. The topological polar surface area (TPSA) is 87.2 Å². The molecule has 4 heterocycles. The fourth-order valence-corrected chi connectivity index (χ4v) is 5.02. The van der Waals surface area contributed by atoms with Crippen LogP contribution in [-0.2, 0) is 16.6 Å². The van der Waals surface area contributed by atoms with Gasteiger partial charge in [-0.25, -0.2) is 9.97 Å². The predicted octanol–water partition coefficient (Wildman–Crippen LogP) is 1.50. The summed E-state index contributed by atoms with van der Waals surface area (Å²) in [4.78, 5) is 34.5. The van der Waals surface area contributed by atoms with Crippen molar-refractivity contribution in [2.75, 3.05) is 49.2 Å². The summed E-state index contributed by atoms with van der Waals surface area (Å²) >= 11 is 0. The maximum atomic E-state index is 12.8. The van der Waals surface area contributed by atoms with Gasteiger partial charge in [-0.05, 0) is 39.5 Å². The molecule has 0 bridgehead atoms. The molecule has 2 saturated heterocycles. The van der Waals surface area contributed by atoms with Gasteiger partial charge in [0.25, 0.3) is 5.56 Å². The van der Waals surface area contributed by atoms with Crippen LogP contribution in [0.4, 0.5) is 11.8 Å². The zero-order valence-corrected chi connectivity index (χ0v) is 17.2. The van der Waals surface area contributed by atoms with Gasteiger partial charge in [0.1, 0.15) is 5.82 Å². The highest BCUT2D eigenvalue weighted by molar-refractivity contribution is 5.46.